The number of benzene rings is 2. The minimum Gasteiger partial charge on any atom is -0.497 e. The Bertz CT molecular complexity index is 2030. The molecule has 3 amide bonds. The molecule has 0 bridgehead atoms. The van der Waals surface area contributed by atoms with Gasteiger partial charge in [0.05, 0.1) is 42.5 Å². The molecule has 0 spiro atoms. The number of urea groups is 1. The standard InChI is InChI=1S/C39H43N7O7/c1-5-38(22-39(38,40)36(49)50)34(47)32-17-27(21-46(32)37(51)44-25(15-23(2)3)19-43-35(48)31-20-41-13-14-42-31)53-33-18-29(24-9-7-6-8-10-24)45-30-16-26(52-4)11-12-28(30)33/h5-14,16,18,20,23,25,27,32H,1,15,17,19,21-22,40H2,2-4H3,(H,43,48)(H,44,51)(H,49,50)/t25-,27+,32-,38?,39?/m0/s1. The number of hydrogen-bond donors (Lipinski definition) is 4. The molecule has 4 aromatic rings. The molecule has 5 N–H and O–H groups in total. The zero-order valence-electron chi connectivity index (χ0n) is 29.8. The van der Waals surface area contributed by atoms with Crippen molar-refractivity contribution in [2.45, 2.75) is 56.8 Å². The van der Waals surface area contributed by atoms with Gasteiger partial charge in [-0.05, 0) is 30.9 Å². The number of rotatable bonds is 14. The molecule has 53 heavy (non-hydrogen) atoms. The predicted octanol–water partition coefficient (Wildman–Crippen LogP) is 4.00. The first kappa shape index (κ1) is 36.9. The number of aliphatic carboxylic acids is 1. The Balaban J connectivity index is 1.30. The fraction of sp³-hybridized carbons (Fsp3) is 0.359. The van der Waals surface area contributed by atoms with Crippen LogP contribution in [-0.2, 0) is 9.59 Å². The lowest BCUT2D eigenvalue weighted by molar-refractivity contribution is -0.142. The van der Waals surface area contributed by atoms with Gasteiger partial charge in [0, 0.05) is 54.5 Å². The minimum atomic E-state index is -1.84. The van der Waals surface area contributed by atoms with Crippen LogP contribution in [0.4, 0.5) is 4.79 Å². The number of methoxy groups -OCH3 is 1. The van der Waals surface area contributed by atoms with Crippen LogP contribution in [0.3, 0.4) is 0 Å². The highest BCUT2D eigenvalue weighted by atomic mass is 16.5. The van der Waals surface area contributed by atoms with Gasteiger partial charge in [-0.1, -0.05) is 50.3 Å². The second kappa shape index (κ2) is 15.0. The van der Waals surface area contributed by atoms with Crippen molar-refractivity contribution in [1.29, 1.82) is 0 Å². The lowest BCUT2D eigenvalue weighted by Gasteiger charge is -2.29. The van der Waals surface area contributed by atoms with Crippen molar-refractivity contribution in [2.24, 2.45) is 17.1 Å². The van der Waals surface area contributed by atoms with Crippen LogP contribution in [0.15, 0.2) is 85.8 Å². The first-order chi connectivity index (χ1) is 25.4. The highest BCUT2D eigenvalue weighted by Gasteiger charge is 2.74. The summed E-state index contributed by atoms with van der Waals surface area (Å²) in [6, 6.07) is 14.7. The Morgan fingerprint density at radius 2 is 1.91 bits per heavy atom. The smallest absolute Gasteiger partial charge is 0.325 e. The van der Waals surface area contributed by atoms with Crippen molar-refractivity contribution in [3.05, 3.63) is 91.5 Å². The highest BCUT2D eigenvalue weighted by Crippen LogP contribution is 2.57. The number of carbonyl (C=O) groups excluding carboxylic acids is 3. The van der Waals surface area contributed by atoms with Crippen LogP contribution in [0.5, 0.6) is 11.5 Å². The third kappa shape index (κ3) is 7.40. The summed E-state index contributed by atoms with van der Waals surface area (Å²) in [5, 5.41) is 16.5. The molecule has 14 heteroatoms. The van der Waals surface area contributed by atoms with Gasteiger partial charge in [-0.2, -0.15) is 0 Å². The number of Topliss-reactive ketones (excluding diaryl/α,β-unsaturated/α-hetero) is 1. The van der Waals surface area contributed by atoms with Gasteiger partial charge in [-0.25, -0.2) is 14.8 Å². The lowest BCUT2D eigenvalue weighted by Crippen LogP contribution is -2.54. The number of carboxylic acids is 1. The zero-order chi connectivity index (χ0) is 37.9. The molecule has 2 aromatic heterocycles. The van der Waals surface area contributed by atoms with Crippen LogP contribution in [0.1, 0.15) is 43.6 Å². The number of pyridine rings is 1. The van der Waals surface area contributed by atoms with E-state index in [1.807, 2.05) is 56.3 Å². The summed E-state index contributed by atoms with van der Waals surface area (Å²) in [5.41, 5.74) is 5.08. The molecule has 1 saturated carbocycles. The van der Waals surface area contributed by atoms with Crippen LogP contribution < -0.4 is 25.8 Å². The van der Waals surface area contributed by atoms with Crippen LogP contribution in [-0.4, -0.2) is 92.6 Å². The van der Waals surface area contributed by atoms with E-state index in [2.05, 4.69) is 27.2 Å². The number of fused-ring (bicyclic) bond motifs is 1. The Morgan fingerprint density at radius 1 is 1.13 bits per heavy atom. The average Bonchev–Trinajstić information content (AvgIpc) is 3.60. The Kier molecular flexibility index (Phi) is 10.4. The topological polar surface area (TPSA) is 199 Å². The van der Waals surface area contributed by atoms with Gasteiger partial charge in [0.2, 0.25) is 0 Å². The predicted molar refractivity (Wildman–Crippen MR) is 196 cm³/mol. The number of amides is 3. The van der Waals surface area contributed by atoms with E-state index in [-0.39, 0.29) is 37.5 Å². The molecule has 3 heterocycles. The largest absolute Gasteiger partial charge is 0.497 e. The summed E-state index contributed by atoms with van der Waals surface area (Å²) in [6.45, 7) is 7.84. The van der Waals surface area contributed by atoms with E-state index in [1.54, 1.807) is 19.2 Å². The van der Waals surface area contributed by atoms with E-state index in [0.29, 0.717) is 34.5 Å². The summed E-state index contributed by atoms with van der Waals surface area (Å²) < 4.78 is 12.1. The fourth-order valence-electron chi connectivity index (χ4n) is 7.06. The maximum Gasteiger partial charge on any atom is 0.325 e. The first-order valence-electron chi connectivity index (χ1n) is 17.4. The summed E-state index contributed by atoms with van der Waals surface area (Å²) in [6.07, 6.45) is 5.26. The monoisotopic (exact) mass is 721 g/mol. The number of ether oxygens (including phenoxy) is 2. The Labute approximate surface area is 306 Å². The number of nitrogens with one attached hydrogen (secondary N) is 2. The van der Waals surface area contributed by atoms with Gasteiger partial charge in [-0.15, -0.1) is 6.58 Å². The Hall–Kier alpha value is -5.89. The number of hydrogen-bond acceptors (Lipinski definition) is 10. The third-order valence-electron chi connectivity index (χ3n) is 9.96. The van der Waals surface area contributed by atoms with Gasteiger partial charge in [0.25, 0.3) is 5.91 Å². The number of ketones is 1. The van der Waals surface area contributed by atoms with Crippen molar-refractivity contribution < 1.29 is 33.8 Å². The van der Waals surface area contributed by atoms with Crippen molar-refractivity contribution >= 4 is 34.6 Å². The number of nitrogens with two attached hydrogens (primary N) is 1. The normalized spacial score (nSPS) is 22.5. The SMILES string of the molecule is C=CC1(C(=O)[C@@H]2C[C@@H](Oc3cc(-c4ccccc4)nc4cc(OC)ccc34)CN2C(=O)N[C@H](CNC(=O)c2cnccn2)CC(C)C)CC1(N)C(=O)O. The number of carbonyl (C=O) groups is 4. The molecule has 2 aromatic carbocycles. The summed E-state index contributed by atoms with van der Waals surface area (Å²) in [7, 11) is 1.57. The van der Waals surface area contributed by atoms with E-state index in [0.717, 1.165) is 5.56 Å². The quantitative estimate of drug-likeness (QED) is 0.137. The molecular weight excluding hydrogens is 678 g/mol. The van der Waals surface area contributed by atoms with Crippen molar-refractivity contribution in [2.75, 3.05) is 20.2 Å². The van der Waals surface area contributed by atoms with E-state index < -0.39 is 52.8 Å². The van der Waals surface area contributed by atoms with E-state index in [4.69, 9.17) is 20.2 Å². The first-order valence-corrected chi connectivity index (χ1v) is 17.4. The highest BCUT2D eigenvalue weighted by molar-refractivity contribution is 6.05. The van der Waals surface area contributed by atoms with Gasteiger partial charge < -0.3 is 35.8 Å². The number of aromatic nitrogens is 3. The number of nitrogens with zero attached hydrogens (tertiary/aromatic N) is 4. The van der Waals surface area contributed by atoms with Crippen LogP contribution in [0.2, 0.25) is 0 Å². The second-order valence-corrected chi connectivity index (χ2v) is 14.0. The molecule has 1 saturated heterocycles. The third-order valence-corrected chi connectivity index (χ3v) is 9.96. The molecular formula is C39H43N7O7. The zero-order valence-corrected chi connectivity index (χ0v) is 29.8. The van der Waals surface area contributed by atoms with E-state index in [9.17, 15) is 24.3 Å². The van der Waals surface area contributed by atoms with E-state index in [1.165, 1.54) is 29.6 Å². The van der Waals surface area contributed by atoms with Gasteiger partial charge in [0.15, 0.2) is 5.78 Å². The molecule has 1 aliphatic heterocycles. The molecule has 5 atom stereocenters. The van der Waals surface area contributed by atoms with Crippen LogP contribution >= 0.6 is 0 Å². The molecule has 2 fully saturated rings. The molecule has 6 rings (SSSR count). The molecule has 276 valence electrons. The molecule has 2 aliphatic rings. The summed E-state index contributed by atoms with van der Waals surface area (Å²) in [5.74, 6) is -1.05. The Morgan fingerprint density at radius 3 is 2.55 bits per heavy atom. The minimum absolute atomic E-state index is 0.00110. The molecule has 2 unspecified atom stereocenters. The van der Waals surface area contributed by atoms with Crippen molar-refractivity contribution in [3.8, 4) is 22.8 Å². The summed E-state index contributed by atoms with van der Waals surface area (Å²) in [4.78, 5) is 67.7. The van der Waals surface area contributed by atoms with Crippen molar-refractivity contribution in [3.63, 3.8) is 0 Å². The number of likely N-dealkylation sites (tertiary alicyclic amines) is 1. The average molecular weight is 722 g/mol. The second-order valence-electron chi connectivity index (χ2n) is 14.0. The fourth-order valence-corrected chi connectivity index (χ4v) is 7.06. The molecule has 14 nitrogen and oxygen atoms in total. The number of carboxylic acid groups (broad SMARTS) is 1. The van der Waals surface area contributed by atoms with Gasteiger partial charge in [-0.3, -0.25) is 19.4 Å². The van der Waals surface area contributed by atoms with Crippen LogP contribution in [0, 0.1) is 11.3 Å². The van der Waals surface area contributed by atoms with Gasteiger partial charge in [0.1, 0.15) is 28.8 Å². The van der Waals surface area contributed by atoms with Crippen molar-refractivity contribution in [1.82, 2.24) is 30.5 Å². The molecule has 0 radical (unpaired) electrons. The van der Waals surface area contributed by atoms with E-state index >= 15 is 0 Å². The maximum atomic E-state index is 14.4. The molecule has 1 aliphatic carbocycles. The van der Waals surface area contributed by atoms with Crippen LogP contribution in [0.25, 0.3) is 22.2 Å². The maximum absolute atomic E-state index is 14.4. The lowest BCUT2D eigenvalue weighted by atomic mass is 9.88. The summed E-state index contributed by atoms with van der Waals surface area (Å²) >= 11 is 0. The van der Waals surface area contributed by atoms with Gasteiger partial charge >= 0.3 is 12.0 Å².